The van der Waals surface area contributed by atoms with E-state index in [0.717, 1.165) is 41.7 Å². The zero-order valence-electron chi connectivity index (χ0n) is 30.7. The van der Waals surface area contributed by atoms with Gasteiger partial charge in [-0.2, -0.15) is 0 Å². The lowest BCUT2D eigenvalue weighted by Crippen LogP contribution is -2.44. The largest absolute Gasteiger partial charge is 0.467 e. The summed E-state index contributed by atoms with van der Waals surface area (Å²) < 4.78 is 4.25. The first-order valence-corrected chi connectivity index (χ1v) is 20.5. The van der Waals surface area contributed by atoms with Crippen LogP contribution in [0.15, 0.2) is 182 Å². The summed E-state index contributed by atoms with van der Waals surface area (Å²) in [5.41, 5.74) is 7.01. The van der Waals surface area contributed by atoms with Crippen molar-refractivity contribution in [2.75, 3.05) is 18.6 Å². The van der Waals surface area contributed by atoms with Gasteiger partial charge in [0.1, 0.15) is 6.04 Å². The molecule has 6 aromatic rings. The van der Waals surface area contributed by atoms with E-state index in [9.17, 15) is 9.59 Å². The number of amides is 1. The molecule has 0 fully saturated rings. The number of thioether (sulfide) groups is 2. The van der Waals surface area contributed by atoms with E-state index in [4.69, 9.17) is 4.74 Å². The zero-order chi connectivity index (χ0) is 37.5. The first-order chi connectivity index (χ1) is 26.6. The predicted octanol–water partition coefficient (Wildman–Crippen LogP) is 10.7. The molecule has 6 rings (SSSR count). The van der Waals surface area contributed by atoms with Gasteiger partial charge in [0.2, 0.25) is 5.91 Å². The number of unbranched alkanes of at least 4 members (excludes halogenated alkanes) is 2. The number of hydrogen-bond donors (Lipinski definition) is 1. The summed E-state index contributed by atoms with van der Waals surface area (Å²) in [6.07, 6.45) is 2.91. The Labute approximate surface area is 328 Å². The maximum absolute atomic E-state index is 13.4. The number of nitrogens with one attached hydrogen (secondary N) is 1. The number of ether oxygens (including phenoxy) is 1. The van der Waals surface area contributed by atoms with Gasteiger partial charge in [-0.15, -0.1) is 23.5 Å². The zero-order valence-corrected chi connectivity index (χ0v) is 32.3. The number of carbonyl (C=O) groups excluding carboxylic acids is 2. The van der Waals surface area contributed by atoms with Crippen LogP contribution >= 0.6 is 23.5 Å². The lowest BCUT2D eigenvalue weighted by atomic mass is 9.84. The van der Waals surface area contributed by atoms with Crippen molar-refractivity contribution >= 4 is 35.4 Å². The Morgan fingerprint density at radius 2 is 0.833 bits per heavy atom. The van der Waals surface area contributed by atoms with Gasteiger partial charge in [-0.25, -0.2) is 4.79 Å². The summed E-state index contributed by atoms with van der Waals surface area (Å²) in [6, 6.07) is 62.4. The van der Waals surface area contributed by atoms with Crippen molar-refractivity contribution in [3.05, 3.63) is 215 Å². The summed E-state index contributed by atoms with van der Waals surface area (Å²) in [4.78, 5) is 26.6. The summed E-state index contributed by atoms with van der Waals surface area (Å²) in [7, 11) is 1.38. The van der Waals surface area contributed by atoms with Gasteiger partial charge in [0.05, 0.1) is 16.6 Å². The van der Waals surface area contributed by atoms with Crippen molar-refractivity contribution in [3.8, 4) is 0 Å². The second-order valence-electron chi connectivity index (χ2n) is 13.2. The van der Waals surface area contributed by atoms with E-state index < -0.39 is 16.8 Å². The molecule has 0 bridgehead atoms. The third kappa shape index (κ3) is 9.00. The first-order valence-electron chi connectivity index (χ1n) is 18.6. The van der Waals surface area contributed by atoms with Gasteiger partial charge in [-0.3, -0.25) is 4.79 Å². The number of esters is 1. The van der Waals surface area contributed by atoms with Crippen LogP contribution in [0.2, 0.25) is 0 Å². The third-order valence-corrected chi connectivity index (χ3v) is 13.0. The Morgan fingerprint density at radius 1 is 0.500 bits per heavy atom. The summed E-state index contributed by atoms with van der Waals surface area (Å²) >= 11 is 3.58. The van der Waals surface area contributed by atoms with Crippen LogP contribution in [-0.2, 0) is 23.8 Å². The summed E-state index contributed by atoms with van der Waals surface area (Å²) in [6.45, 7) is 0. The molecule has 0 saturated heterocycles. The van der Waals surface area contributed by atoms with E-state index in [1.54, 1.807) is 11.8 Å². The van der Waals surface area contributed by atoms with Gasteiger partial charge in [0, 0.05) is 12.2 Å². The number of rotatable bonds is 18. The minimum atomic E-state index is -0.804. The Bertz CT molecular complexity index is 1820. The quantitative estimate of drug-likeness (QED) is 0.0539. The van der Waals surface area contributed by atoms with E-state index in [2.05, 4.69) is 133 Å². The maximum Gasteiger partial charge on any atom is 0.329 e. The molecule has 0 spiro atoms. The fourth-order valence-corrected chi connectivity index (χ4v) is 10.2. The van der Waals surface area contributed by atoms with Crippen LogP contribution < -0.4 is 5.32 Å². The fourth-order valence-electron chi connectivity index (χ4n) is 7.11. The molecule has 6 heteroatoms. The first kappa shape index (κ1) is 38.7. The topological polar surface area (TPSA) is 55.4 Å². The molecule has 0 aliphatic rings. The molecule has 4 nitrogen and oxygen atoms in total. The molecule has 54 heavy (non-hydrogen) atoms. The van der Waals surface area contributed by atoms with Crippen molar-refractivity contribution in [1.29, 1.82) is 0 Å². The lowest BCUT2D eigenvalue weighted by Gasteiger charge is -2.36. The fraction of sp³-hybridized carbons (Fsp3) is 0.208. The molecule has 274 valence electrons. The molecule has 0 aliphatic heterocycles. The van der Waals surface area contributed by atoms with Gasteiger partial charge in [-0.1, -0.05) is 188 Å². The van der Waals surface area contributed by atoms with Gasteiger partial charge in [-0.05, 0) is 52.0 Å². The number of benzene rings is 6. The molecular formula is C48H47NO3S2. The average Bonchev–Trinajstić information content (AvgIpc) is 3.25. The molecule has 1 N–H and O–H groups in total. The van der Waals surface area contributed by atoms with Crippen molar-refractivity contribution in [3.63, 3.8) is 0 Å². The van der Waals surface area contributed by atoms with Gasteiger partial charge >= 0.3 is 5.97 Å². The summed E-state index contributed by atoms with van der Waals surface area (Å²) in [5.74, 6) is 0.654. The summed E-state index contributed by atoms with van der Waals surface area (Å²) in [5, 5.41) is 3.03. The predicted molar refractivity (Wildman–Crippen MR) is 226 cm³/mol. The lowest BCUT2D eigenvalue weighted by molar-refractivity contribution is -0.144. The maximum atomic E-state index is 13.4. The minimum Gasteiger partial charge on any atom is -0.467 e. The molecular weight excluding hydrogens is 703 g/mol. The van der Waals surface area contributed by atoms with E-state index >= 15 is 0 Å². The highest BCUT2D eigenvalue weighted by atomic mass is 32.2. The number of carbonyl (C=O) groups is 2. The molecule has 0 saturated carbocycles. The van der Waals surface area contributed by atoms with Crippen LogP contribution in [0.5, 0.6) is 0 Å². The highest BCUT2D eigenvalue weighted by molar-refractivity contribution is 8.00. The monoisotopic (exact) mass is 749 g/mol. The molecule has 0 unspecified atom stereocenters. The second kappa shape index (κ2) is 19.3. The van der Waals surface area contributed by atoms with E-state index in [1.165, 1.54) is 23.8 Å². The molecule has 0 aliphatic carbocycles. The van der Waals surface area contributed by atoms with Crippen molar-refractivity contribution in [2.45, 2.75) is 41.2 Å². The van der Waals surface area contributed by atoms with E-state index in [1.807, 2.05) is 66.4 Å². The van der Waals surface area contributed by atoms with Gasteiger partial charge in [0.25, 0.3) is 0 Å². The van der Waals surface area contributed by atoms with Crippen LogP contribution in [0.1, 0.15) is 59.1 Å². The molecule has 0 aromatic heterocycles. The van der Waals surface area contributed by atoms with Crippen molar-refractivity contribution in [1.82, 2.24) is 5.32 Å². The Hall–Kier alpha value is -5.04. The standard InChI is InChI=1S/C48H47NO3S2/c1-52-46(51)44(37-54-48(41-29-15-5-16-30-41,42-31-17-6-18-32-42)43-33-19-7-20-34-43)49-45(50)35-21-8-22-36-53-47(38-23-9-2-10-24-38,39-25-11-3-12-26-39)40-27-13-4-14-28-40/h2-7,9-20,23-34,44H,8,21-22,35-37H2,1H3,(H,49,50)/t44-/m0/s1. The van der Waals surface area contributed by atoms with Crippen LogP contribution in [-0.4, -0.2) is 36.5 Å². The molecule has 6 aromatic carbocycles. The average molecular weight is 750 g/mol. The Morgan fingerprint density at radius 3 is 1.17 bits per heavy atom. The van der Waals surface area contributed by atoms with Gasteiger partial charge in [0.15, 0.2) is 0 Å². The highest BCUT2D eigenvalue weighted by Gasteiger charge is 2.39. The van der Waals surface area contributed by atoms with Crippen LogP contribution in [0, 0.1) is 0 Å². The normalized spacial score (nSPS) is 12.1. The SMILES string of the molecule is COC(=O)[C@H](CSC(c1ccccc1)(c1ccccc1)c1ccccc1)NC(=O)CCCCCSC(c1ccccc1)(c1ccccc1)c1ccccc1. The van der Waals surface area contributed by atoms with Crippen molar-refractivity contribution < 1.29 is 14.3 Å². The van der Waals surface area contributed by atoms with Crippen LogP contribution in [0.4, 0.5) is 0 Å². The Kier molecular flexibility index (Phi) is 13.8. The van der Waals surface area contributed by atoms with Gasteiger partial charge < -0.3 is 10.1 Å². The van der Waals surface area contributed by atoms with Crippen molar-refractivity contribution in [2.24, 2.45) is 0 Å². The highest BCUT2D eigenvalue weighted by Crippen LogP contribution is 2.50. The number of methoxy groups -OCH3 is 1. The van der Waals surface area contributed by atoms with Crippen LogP contribution in [0.3, 0.4) is 0 Å². The minimum absolute atomic E-state index is 0.143. The molecule has 1 amide bonds. The van der Waals surface area contributed by atoms with E-state index in [0.29, 0.717) is 12.2 Å². The van der Waals surface area contributed by atoms with E-state index in [-0.39, 0.29) is 10.7 Å². The molecule has 0 heterocycles. The number of hydrogen-bond acceptors (Lipinski definition) is 5. The van der Waals surface area contributed by atoms with Crippen LogP contribution in [0.25, 0.3) is 0 Å². The molecule has 0 radical (unpaired) electrons. The Balaban J connectivity index is 1.12. The second-order valence-corrected chi connectivity index (χ2v) is 15.7. The molecule has 1 atom stereocenters. The smallest absolute Gasteiger partial charge is 0.329 e. The third-order valence-electron chi connectivity index (χ3n) is 9.74.